The lowest BCUT2D eigenvalue weighted by Crippen LogP contribution is -2.53. The highest BCUT2D eigenvalue weighted by Gasteiger charge is 2.36. The monoisotopic (exact) mass is 1300 g/mol. The van der Waals surface area contributed by atoms with Crippen LogP contribution in [0.25, 0.3) is 0 Å². The van der Waals surface area contributed by atoms with E-state index < -0.39 is 0 Å². The third kappa shape index (κ3) is 43.8. The molecule has 544 valence electrons. The lowest BCUT2D eigenvalue weighted by Gasteiger charge is -2.42. The van der Waals surface area contributed by atoms with E-state index in [1.54, 1.807) is 0 Å². The standard InChI is InChI=1S/C85H160N4O4/c1-5-7-9-11-33-43-57-74-70-76-59-45-37-39-49-67-84(92)88-80-63-53-51-61-78(80)86-82(90)65-47-35-29-25-21-17-13-15-19-23-27-31-41-55-72(3)69-73(4)56-42-32-28-24-20-16-14-18-22-26-30-36-48-66-83(91)87-79-62-52-54-64-81(79)89-85(93)68-50-40-38-46-60-77(76)71-75(74)58-44-34-12-10-8-6-2/h72-81H,5-71H2,1-4H3,(H,86,90)(H,87,91)(H,88,92)(H,89,93)/t72?,73?,74?,75?,76?,77?,78-,79+,80-,81+. The summed E-state index contributed by atoms with van der Waals surface area (Å²) in [7, 11) is 0. The van der Waals surface area contributed by atoms with Crippen molar-refractivity contribution in [2.75, 3.05) is 0 Å². The highest BCUT2D eigenvalue weighted by atomic mass is 16.2. The molecular formula is C85H160N4O4. The van der Waals surface area contributed by atoms with Gasteiger partial charge in [0.05, 0.1) is 0 Å². The summed E-state index contributed by atoms with van der Waals surface area (Å²) in [6.07, 6.45) is 83.8. The van der Waals surface area contributed by atoms with Crippen LogP contribution < -0.4 is 21.3 Å². The van der Waals surface area contributed by atoms with E-state index in [1.165, 1.54) is 302 Å². The molecule has 4 amide bonds. The molecule has 0 aromatic carbocycles. The molecule has 3 saturated carbocycles. The van der Waals surface area contributed by atoms with Gasteiger partial charge in [-0.3, -0.25) is 19.2 Å². The Labute approximate surface area is 578 Å². The van der Waals surface area contributed by atoms with Crippen molar-refractivity contribution in [2.24, 2.45) is 35.5 Å². The maximum absolute atomic E-state index is 13.5. The Balaban J connectivity index is 1.25. The zero-order valence-electron chi connectivity index (χ0n) is 62.8. The minimum absolute atomic E-state index is 0.0655. The fraction of sp³-hybridized carbons (Fsp3) is 0.953. The van der Waals surface area contributed by atoms with Crippen molar-refractivity contribution >= 4 is 23.6 Å². The first-order valence-electron chi connectivity index (χ1n) is 42.8. The van der Waals surface area contributed by atoms with Crippen LogP contribution in [-0.4, -0.2) is 47.8 Å². The molecular weight excluding hydrogens is 1140 g/mol. The van der Waals surface area contributed by atoms with Crippen molar-refractivity contribution in [3.8, 4) is 0 Å². The average Bonchev–Trinajstić information content (AvgIpc) is 1.04. The Morgan fingerprint density at radius 2 is 0.462 bits per heavy atom. The predicted octanol–water partition coefficient (Wildman–Crippen LogP) is 24.9. The Morgan fingerprint density at radius 3 is 0.731 bits per heavy atom. The first-order chi connectivity index (χ1) is 45.6. The Hall–Kier alpha value is -2.12. The first-order valence-corrected chi connectivity index (χ1v) is 42.8. The van der Waals surface area contributed by atoms with Gasteiger partial charge in [-0.2, -0.15) is 0 Å². The van der Waals surface area contributed by atoms with Gasteiger partial charge in [-0.05, 0) is 106 Å². The van der Waals surface area contributed by atoms with E-state index in [1.807, 2.05) is 0 Å². The molecule has 6 unspecified atom stereocenters. The van der Waals surface area contributed by atoms with Gasteiger partial charge >= 0.3 is 0 Å². The van der Waals surface area contributed by atoms with Gasteiger partial charge in [0.15, 0.2) is 0 Å². The van der Waals surface area contributed by atoms with Crippen LogP contribution in [0.15, 0.2) is 0 Å². The van der Waals surface area contributed by atoms with E-state index in [-0.39, 0.29) is 47.8 Å². The van der Waals surface area contributed by atoms with Crippen LogP contribution >= 0.6 is 0 Å². The molecule has 10 atom stereocenters. The smallest absolute Gasteiger partial charge is 0.220 e. The number of carbonyl (C=O) groups excluding carboxylic acids is 4. The average molecular weight is 1300 g/mol. The van der Waals surface area contributed by atoms with Gasteiger partial charge in [0, 0.05) is 49.9 Å². The SMILES string of the molecule is CCCCCCCCC1CC2CCCCCCC(=O)N[C@H]3CCCC[C@@H]3NC(=O)CCCCCCCCCCCCCCCC(C)CC(C)CCCCCCCCCCCCCCCC(=O)N[C@@H]3CCCC[C@H]3NC(=O)CCCCCCC2CC1CCCCCCCC. The van der Waals surface area contributed by atoms with Crippen LogP contribution in [0.5, 0.6) is 0 Å². The minimum atomic E-state index is 0.0655. The lowest BCUT2D eigenvalue weighted by molar-refractivity contribution is -0.125. The molecule has 0 aromatic rings. The molecule has 93 heavy (non-hydrogen) atoms. The number of hydrogen-bond acceptors (Lipinski definition) is 4. The van der Waals surface area contributed by atoms with Crippen molar-refractivity contribution in [1.82, 2.24) is 21.3 Å². The van der Waals surface area contributed by atoms with Gasteiger partial charge in [-0.15, -0.1) is 0 Å². The fourth-order valence-corrected chi connectivity index (χ4v) is 17.9. The molecule has 8 heteroatoms. The van der Waals surface area contributed by atoms with Gasteiger partial charge in [0.1, 0.15) is 0 Å². The summed E-state index contributed by atoms with van der Waals surface area (Å²) in [4.78, 5) is 53.3. The normalized spacial score (nSPS) is 29.5. The topological polar surface area (TPSA) is 116 Å². The van der Waals surface area contributed by atoms with Crippen molar-refractivity contribution in [3.05, 3.63) is 0 Å². The molecule has 0 radical (unpaired) electrons. The molecule has 0 aromatic heterocycles. The first kappa shape index (κ1) is 83.3. The maximum atomic E-state index is 13.5. The molecule has 0 bridgehead atoms. The molecule has 0 spiro atoms. The number of unbranched alkanes of at least 4 members (excludes halogenated alkanes) is 10. The van der Waals surface area contributed by atoms with Crippen molar-refractivity contribution < 1.29 is 19.2 Å². The quantitative estimate of drug-likeness (QED) is 0.130. The summed E-state index contributed by atoms with van der Waals surface area (Å²) in [5.74, 6) is 5.89. The molecule has 4 N–H and O–H groups in total. The van der Waals surface area contributed by atoms with Crippen molar-refractivity contribution in [2.45, 2.75) is 482 Å². The molecule has 4 aliphatic rings. The van der Waals surface area contributed by atoms with Crippen LogP contribution in [0, 0.1) is 35.5 Å². The van der Waals surface area contributed by atoms with E-state index in [4.69, 9.17) is 0 Å². The second-order valence-corrected chi connectivity index (χ2v) is 32.5. The number of hydrogen-bond donors (Lipinski definition) is 4. The maximum Gasteiger partial charge on any atom is 0.220 e. The summed E-state index contributed by atoms with van der Waals surface area (Å²) < 4.78 is 0. The van der Waals surface area contributed by atoms with Gasteiger partial charge in [0.2, 0.25) is 23.6 Å². The molecule has 1 aliphatic heterocycles. The van der Waals surface area contributed by atoms with Crippen molar-refractivity contribution in [3.63, 3.8) is 0 Å². The largest absolute Gasteiger partial charge is 0.351 e. The van der Waals surface area contributed by atoms with Crippen LogP contribution in [0.2, 0.25) is 0 Å². The zero-order valence-corrected chi connectivity index (χ0v) is 62.8. The van der Waals surface area contributed by atoms with Crippen LogP contribution in [0.1, 0.15) is 458 Å². The summed E-state index contributed by atoms with van der Waals surface area (Å²) in [5.41, 5.74) is 0. The van der Waals surface area contributed by atoms with Gasteiger partial charge in [-0.1, -0.05) is 362 Å². The molecule has 1 heterocycles. The Morgan fingerprint density at radius 1 is 0.247 bits per heavy atom. The van der Waals surface area contributed by atoms with Gasteiger partial charge in [0.25, 0.3) is 0 Å². The Bertz CT molecular complexity index is 1650. The van der Waals surface area contributed by atoms with Gasteiger partial charge in [-0.25, -0.2) is 0 Å². The molecule has 4 fully saturated rings. The predicted molar refractivity (Wildman–Crippen MR) is 401 cm³/mol. The van der Waals surface area contributed by atoms with E-state index in [2.05, 4.69) is 49.0 Å². The third-order valence-electron chi connectivity index (χ3n) is 23.8. The van der Waals surface area contributed by atoms with E-state index in [0.29, 0.717) is 25.7 Å². The molecule has 3 aliphatic carbocycles. The minimum Gasteiger partial charge on any atom is -0.351 e. The van der Waals surface area contributed by atoms with E-state index >= 15 is 0 Å². The van der Waals surface area contributed by atoms with Crippen LogP contribution in [0.3, 0.4) is 0 Å². The lowest BCUT2D eigenvalue weighted by atomic mass is 9.63. The van der Waals surface area contributed by atoms with E-state index in [0.717, 1.165) is 138 Å². The van der Waals surface area contributed by atoms with Gasteiger partial charge < -0.3 is 21.3 Å². The summed E-state index contributed by atoms with van der Waals surface area (Å²) in [6.45, 7) is 9.67. The number of fused-ring (bicyclic) bond motifs is 3. The number of amides is 4. The molecule has 8 nitrogen and oxygen atoms in total. The highest BCUT2D eigenvalue weighted by Crippen LogP contribution is 2.47. The highest BCUT2D eigenvalue weighted by molar-refractivity contribution is 5.78. The van der Waals surface area contributed by atoms with E-state index in [9.17, 15) is 19.2 Å². The Kier molecular flexibility index (Phi) is 51.7. The fourth-order valence-electron chi connectivity index (χ4n) is 17.9. The summed E-state index contributed by atoms with van der Waals surface area (Å²) in [6, 6.07) is 0.270. The second-order valence-electron chi connectivity index (χ2n) is 32.5. The third-order valence-corrected chi connectivity index (χ3v) is 23.8. The summed E-state index contributed by atoms with van der Waals surface area (Å²) in [5, 5.41) is 13.6. The zero-order chi connectivity index (χ0) is 66.3. The molecule has 1 saturated heterocycles. The number of rotatable bonds is 14. The number of nitrogens with one attached hydrogen (secondary N) is 4. The van der Waals surface area contributed by atoms with Crippen LogP contribution in [-0.2, 0) is 19.2 Å². The summed E-state index contributed by atoms with van der Waals surface area (Å²) >= 11 is 0. The van der Waals surface area contributed by atoms with Crippen molar-refractivity contribution in [1.29, 1.82) is 0 Å². The second kappa shape index (κ2) is 57.8. The number of carbonyl (C=O) groups is 4. The molecule has 4 rings (SSSR count). The van der Waals surface area contributed by atoms with Crippen LogP contribution in [0.4, 0.5) is 0 Å².